The Morgan fingerprint density at radius 1 is 1.54 bits per heavy atom. The number of morpholine rings is 1. The van der Waals surface area contributed by atoms with Gasteiger partial charge in [0.05, 0.1) is 25.4 Å². The van der Waals surface area contributed by atoms with Crippen molar-refractivity contribution in [2.75, 3.05) is 26.3 Å². The van der Waals surface area contributed by atoms with Gasteiger partial charge in [0.1, 0.15) is 0 Å². The van der Waals surface area contributed by atoms with Gasteiger partial charge < -0.3 is 14.9 Å². The molecule has 0 aliphatic carbocycles. The van der Waals surface area contributed by atoms with E-state index in [0.29, 0.717) is 13.2 Å². The van der Waals surface area contributed by atoms with E-state index in [1.807, 2.05) is 6.92 Å². The third-order valence-electron chi connectivity index (χ3n) is 2.65. The van der Waals surface area contributed by atoms with Crippen LogP contribution in [0.15, 0.2) is 0 Å². The molecule has 0 spiro atoms. The minimum atomic E-state index is -0.336. The number of nitrogens with zero attached hydrogens (tertiary/aromatic N) is 1. The average Bonchev–Trinajstić information content (AvgIpc) is 2.16. The van der Waals surface area contributed by atoms with Crippen molar-refractivity contribution >= 4 is 0 Å². The van der Waals surface area contributed by atoms with Crippen molar-refractivity contribution in [3.63, 3.8) is 0 Å². The number of hydrogen-bond acceptors (Lipinski definition) is 4. The summed E-state index contributed by atoms with van der Waals surface area (Å²) in [6.45, 7) is 6.02. The number of ether oxygens (including phenoxy) is 1. The quantitative estimate of drug-likeness (QED) is 0.625. The fourth-order valence-corrected chi connectivity index (χ4v) is 1.53. The Hall–Kier alpha value is -0.160. The van der Waals surface area contributed by atoms with Gasteiger partial charge in [0.2, 0.25) is 0 Å². The van der Waals surface area contributed by atoms with Gasteiger partial charge in [-0.15, -0.1) is 0 Å². The molecule has 1 aliphatic heterocycles. The molecule has 1 aliphatic rings. The molecule has 4 heteroatoms. The van der Waals surface area contributed by atoms with Crippen LogP contribution in [0.25, 0.3) is 0 Å². The Morgan fingerprint density at radius 2 is 2.23 bits per heavy atom. The lowest BCUT2D eigenvalue weighted by molar-refractivity contribution is -0.0760. The monoisotopic (exact) mass is 189 g/mol. The lowest BCUT2D eigenvalue weighted by Crippen LogP contribution is -2.50. The summed E-state index contributed by atoms with van der Waals surface area (Å²) in [6, 6.07) is 0.137. The molecule has 1 saturated heterocycles. The lowest BCUT2D eigenvalue weighted by atomic mass is 10.1. The van der Waals surface area contributed by atoms with Crippen molar-refractivity contribution in [1.29, 1.82) is 0 Å². The maximum atomic E-state index is 9.39. The largest absolute Gasteiger partial charge is 0.394 e. The molecular weight excluding hydrogens is 170 g/mol. The van der Waals surface area contributed by atoms with Crippen LogP contribution in [0.2, 0.25) is 0 Å². The van der Waals surface area contributed by atoms with E-state index < -0.39 is 0 Å². The zero-order valence-corrected chi connectivity index (χ0v) is 8.31. The summed E-state index contributed by atoms with van der Waals surface area (Å²) in [4.78, 5) is 2.15. The van der Waals surface area contributed by atoms with Crippen molar-refractivity contribution in [3.05, 3.63) is 0 Å². The van der Waals surface area contributed by atoms with Gasteiger partial charge in [0.25, 0.3) is 0 Å². The predicted octanol–water partition coefficient (Wildman–Crippen LogP) is -0.551. The van der Waals surface area contributed by atoms with Crippen LogP contribution in [0.3, 0.4) is 0 Å². The highest BCUT2D eigenvalue weighted by Gasteiger charge is 2.25. The molecule has 0 radical (unpaired) electrons. The second kappa shape index (κ2) is 4.91. The molecule has 2 N–H and O–H groups in total. The number of rotatable bonds is 3. The summed E-state index contributed by atoms with van der Waals surface area (Å²) in [5.41, 5.74) is 0. The van der Waals surface area contributed by atoms with Crippen LogP contribution in [0.4, 0.5) is 0 Å². The summed E-state index contributed by atoms with van der Waals surface area (Å²) < 4.78 is 5.31. The zero-order valence-electron chi connectivity index (χ0n) is 8.31. The van der Waals surface area contributed by atoms with Crippen LogP contribution in [0, 0.1) is 0 Å². The average molecular weight is 189 g/mol. The van der Waals surface area contributed by atoms with Gasteiger partial charge in [0, 0.05) is 19.1 Å². The van der Waals surface area contributed by atoms with Crippen molar-refractivity contribution in [1.82, 2.24) is 4.90 Å². The van der Waals surface area contributed by atoms with E-state index in [4.69, 9.17) is 9.84 Å². The van der Waals surface area contributed by atoms with E-state index in [9.17, 15) is 5.11 Å². The molecule has 0 saturated carbocycles. The number of hydrogen-bond donors (Lipinski definition) is 2. The molecule has 3 atom stereocenters. The SMILES string of the molecule is CC(O)C(C)N1CCOC(CO)C1. The molecule has 0 amide bonds. The molecular formula is C9H19NO3. The highest BCUT2D eigenvalue weighted by molar-refractivity contribution is 4.78. The van der Waals surface area contributed by atoms with Crippen molar-refractivity contribution in [2.24, 2.45) is 0 Å². The Balaban J connectivity index is 2.41. The molecule has 1 rings (SSSR count). The summed E-state index contributed by atoms with van der Waals surface area (Å²) in [5, 5.41) is 18.3. The summed E-state index contributed by atoms with van der Waals surface area (Å²) in [7, 11) is 0. The Bertz CT molecular complexity index is 152. The van der Waals surface area contributed by atoms with Crippen LogP contribution < -0.4 is 0 Å². The molecule has 78 valence electrons. The molecule has 0 aromatic carbocycles. The van der Waals surface area contributed by atoms with Gasteiger partial charge in [-0.2, -0.15) is 0 Å². The maximum Gasteiger partial charge on any atom is 0.0933 e. The van der Waals surface area contributed by atoms with E-state index in [1.165, 1.54) is 0 Å². The van der Waals surface area contributed by atoms with Gasteiger partial charge in [-0.05, 0) is 13.8 Å². The third-order valence-corrected chi connectivity index (χ3v) is 2.65. The van der Waals surface area contributed by atoms with Crippen molar-refractivity contribution in [3.8, 4) is 0 Å². The van der Waals surface area contributed by atoms with Crippen LogP contribution in [0.1, 0.15) is 13.8 Å². The number of aliphatic hydroxyl groups is 2. The van der Waals surface area contributed by atoms with Gasteiger partial charge in [-0.3, -0.25) is 4.90 Å². The van der Waals surface area contributed by atoms with Gasteiger partial charge in [-0.25, -0.2) is 0 Å². The second-order valence-electron chi connectivity index (χ2n) is 3.65. The number of aliphatic hydroxyl groups excluding tert-OH is 2. The van der Waals surface area contributed by atoms with E-state index in [1.54, 1.807) is 6.92 Å². The summed E-state index contributed by atoms with van der Waals surface area (Å²) in [6.07, 6.45) is -0.424. The van der Waals surface area contributed by atoms with Crippen molar-refractivity contribution < 1.29 is 14.9 Å². The fraction of sp³-hybridized carbons (Fsp3) is 1.00. The first-order valence-corrected chi connectivity index (χ1v) is 4.79. The molecule has 0 aromatic heterocycles. The molecule has 1 heterocycles. The molecule has 1 fully saturated rings. The first-order chi connectivity index (χ1) is 6.15. The molecule has 0 bridgehead atoms. The van der Waals surface area contributed by atoms with Crippen LogP contribution in [0.5, 0.6) is 0 Å². The van der Waals surface area contributed by atoms with Gasteiger partial charge in [0.15, 0.2) is 0 Å². The predicted molar refractivity (Wildman–Crippen MR) is 49.5 cm³/mol. The minimum absolute atomic E-state index is 0.0586. The first-order valence-electron chi connectivity index (χ1n) is 4.79. The van der Waals surface area contributed by atoms with E-state index >= 15 is 0 Å². The fourth-order valence-electron chi connectivity index (χ4n) is 1.53. The smallest absolute Gasteiger partial charge is 0.0933 e. The van der Waals surface area contributed by atoms with Gasteiger partial charge in [-0.1, -0.05) is 0 Å². The van der Waals surface area contributed by atoms with Crippen LogP contribution in [-0.2, 0) is 4.74 Å². The summed E-state index contributed by atoms with van der Waals surface area (Å²) in [5.74, 6) is 0. The molecule has 3 unspecified atom stereocenters. The summed E-state index contributed by atoms with van der Waals surface area (Å²) >= 11 is 0. The molecule has 0 aromatic rings. The molecule has 13 heavy (non-hydrogen) atoms. The third kappa shape index (κ3) is 2.91. The van der Waals surface area contributed by atoms with Crippen molar-refractivity contribution in [2.45, 2.75) is 32.1 Å². The Kier molecular flexibility index (Phi) is 4.12. The standard InChI is InChI=1S/C9H19NO3/c1-7(8(2)12)10-3-4-13-9(5-10)6-11/h7-9,11-12H,3-6H2,1-2H3. The van der Waals surface area contributed by atoms with Crippen LogP contribution in [-0.4, -0.2) is 59.7 Å². The topological polar surface area (TPSA) is 52.9 Å². The van der Waals surface area contributed by atoms with E-state index in [0.717, 1.165) is 6.54 Å². The second-order valence-corrected chi connectivity index (χ2v) is 3.65. The highest BCUT2D eigenvalue weighted by atomic mass is 16.5. The van der Waals surface area contributed by atoms with Crippen LogP contribution >= 0.6 is 0 Å². The zero-order chi connectivity index (χ0) is 9.84. The highest BCUT2D eigenvalue weighted by Crippen LogP contribution is 2.10. The van der Waals surface area contributed by atoms with E-state index in [2.05, 4.69) is 4.90 Å². The Morgan fingerprint density at radius 3 is 2.77 bits per heavy atom. The molecule has 4 nitrogen and oxygen atoms in total. The minimum Gasteiger partial charge on any atom is -0.394 e. The normalized spacial score (nSPS) is 30.0. The van der Waals surface area contributed by atoms with Gasteiger partial charge >= 0.3 is 0 Å². The lowest BCUT2D eigenvalue weighted by Gasteiger charge is -2.37. The first kappa shape index (κ1) is 10.9. The van der Waals surface area contributed by atoms with E-state index in [-0.39, 0.29) is 24.9 Å². The maximum absolute atomic E-state index is 9.39. The Labute approximate surface area is 79.1 Å².